The zero-order chi connectivity index (χ0) is 10.1. The van der Waals surface area contributed by atoms with Gasteiger partial charge in [0.1, 0.15) is 0 Å². The molecule has 0 saturated carbocycles. The quantitative estimate of drug-likeness (QED) is 0.728. The minimum Gasteiger partial charge on any atom is -0.294 e. The second-order valence-corrected chi connectivity index (χ2v) is 5.55. The van der Waals surface area contributed by atoms with Crippen molar-refractivity contribution in [2.75, 3.05) is 5.75 Å². The van der Waals surface area contributed by atoms with E-state index in [9.17, 15) is 9.00 Å². The number of ketones is 1. The minimum absolute atomic E-state index is 0.104. The molecule has 0 aliphatic carbocycles. The monoisotopic (exact) mass is 272 g/mol. The van der Waals surface area contributed by atoms with Crippen molar-refractivity contribution in [3.8, 4) is 0 Å². The normalized spacial score (nSPS) is 21.5. The van der Waals surface area contributed by atoms with Crippen LogP contribution in [0.5, 0.6) is 0 Å². The van der Waals surface area contributed by atoms with Crippen LogP contribution >= 0.6 is 15.9 Å². The molecule has 1 atom stereocenters. The van der Waals surface area contributed by atoms with Gasteiger partial charge in [0.05, 0.1) is 15.7 Å². The number of carbonyl (C=O) groups is 1. The second kappa shape index (κ2) is 3.95. The first-order chi connectivity index (χ1) is 6.70. The van der Waals surface area contributed by atoms with Crippen molar-refractivity contribution in [3.63, 3.8) is 0 Å². The summed E-state index contributed by atoms with van der Waals surface area (Å²) in [6, 6.07) is 5.39. The predicted octanol–water partition coefficient (Wildman–Crippen LogP) is 2.53. The number of carbonyl (C=O) groups excluding carboxylic acids is 1. The van der Waals surface area contributed by atoms with Crippen molar-refractivity contribution >= 4 is 32.5 Å². The summed E-state index contributed by atoms with van der Waals surface area (Å²) in [4.78, 5) is 12.3. The van der Waals surface area contributed by atoms with Crippen molar-refractivity contribution < 1.29 is 9.00 Å². The molecular weight excluding hydrogens is 264 g/mol. The highest BCUT2D eigenvalue weighted by Crippen LogP contribution is 2.28. The first kappa shape index (κ1) is 10.1. The van der Waals surface area contributed by atoms with E-state index in [1.807, 2.05) is 12.1 Å². The summed E-state index contributed by atoms with van der Waals surface area (Å²) in [5.41, 5.74) is 0.621. The first-order valence-corrected chi connectivity index (χ1v) is 6.51. The number of halogens is 1. The molecule has 0 fully saturated rings. The largest absolute Gasteiger partial charge is 0.294 e. The average molecular weight is 273 g/mol. The molecular formula is C10H9BrO2S. The highest BCUT2D eigenvalue weighted by molar-refractivity contribution is 9.10. The van der Waals surface area contributed by atoms with E-state index in [0.29, 0.717) is 29.1 Å². The molecule has 2 nitrogen and oxygen atoms in total. The molecule has 0 radical (unpaired) electrons. The van der Waals surface area contributed by atoms with Crippen LogP contribution in [-0.2, 0) is 10.8 Å². The van der Waals surface area contributed by atoms with Crippen molar-refractivity contribution in [3.05, 3.63) is 28.2 Å². The van der Waals surface area contributed by atoms with Gasteiger partial charge in [-0.05, 0) is 28.4 Å². The van der Waals surface area contributed by atoms with Crippen molar-refractivity contribution in [1.82, 2.24) is 0 Å². The molecule has 1 unspecified atom stereocenters. The Morgan fingerprint density at radius 3 is 2.93 bits per heavy atom. The summed E-state index contributed by atoms with van der Waals surface area (Å²) in [5, 5.41) is 0. The van der Waals surface area contributed by atoms with Gasteiger partial charge in [-0.2, -0.15) is 0 Å². The van der Waals surface area contributed by atoms with Gasteiger partial charge in [0, 0.05) is 22.2 Å². The standard InChI is InChI=1S/C10H9BrO2S/c11-8-4-1-3-7-9(12)5-2-6-14(13)10(7)8/h1,3-4H,2,5-6H2. The van der Waals surface area contributed by atoms with E-state index in [-0.39, 0.29) is 5.78 Å². The van der Waals surface area contributed by atoms with E-state index in [4.69, 9.17) is 0 Å². The fourth-order valence-corrected chi connectivity index (χ4v) is 3.79. The van der Waals surface area contributed by atoms with Gasteiger partial charge >= 0.3 is 0 Å². The predicted molar refractivity (Wildman–Crippen MR) is 59.0 cm³/mol. The highest BCUT2D eigenvalue weighted by atomic mass is 79.9. The molecule has 0 aromatic heterocycles. The molecule has 74 valence electrons. The van der Waals surface area contributed by atoms with E-state index >= 15 is 0 Å². The fraction of sp³-hybridized carbons (Fsp3) is 0.300. The Bertz CT molecular complexity index is 415. The van der Waals surface area contributed by atoms with Gasteiger partial charge in [0.15, 0.2) is 5.78 Å². The summed E-state index contributed by atoms with van der Waals surface area (Å²) < 4.78 is 12.6. The molecule has 0 spiro atoms. The van der Waals surface area contributed by atoms with Crippen molar-refractivity contribution in [2.45, 2.75) is 17.7 Å². The molecule has 0 bridgehead atoms. The molecule has 1 aliphatic rings. The molecule has 0 N–H and O–H groups in total. The maximum Gasteiger partial charge on any atom is 0.164 e. The van der Waals surface area contributed by atoms with Crippen LogP contribution in [0.25, 0.3) is 0 Å². The summed E-state index contributed by atoms with van der Waals surface area (Å²) in [6.45, 7) is 0. The Labute approximate surface area is 93.3 Å². The smallest absolute Gasteiger partial charge is 0.164 e. The van der Waals surface area contributed by atoms with E-state index < -0.39 is 10.8 Å². The van der Waals surface area contributed by atoms with E-state index in [2.05, 4.69) is 15.9 Å². The van der Waals surface area contributed by atoms with Crippen molar-refractivity contribution in [1.29, 1.82) is 0 Å². The van der Waals surface area contributed by atoms with Crippen LogP contribution < -0.4 is 0 Å². The Balaban J connectivity index is 2.65. The molecule has 4 heteroatoms. The van der Waals surface area contributed by atoms with Gasteiger partial charge in [-0.15, -0.1) is 0 Å². The van der Waals surface area contributed by atoms with E-state index in [1.165, 1.54) is 0 Å². The topological polar surface area (TPSA) is 34.1 Å². The number of hydrogen-bond acceptors (Lipinski definition) is 2. The minimum atomic E-state index is -1.03. The molecule has 0 amide bonds. The fourth-order valence-electron chi connectivity index (χ4n) is 1.56. The zero-order valence-electron chi connectivity index (χ0n) is 7.46. The number of fused-ring (bicyclic) bond motifs is 1. The Kier molecular flexibility index (Phi) is 2.83. The highest BCUT2D eigenvalue weighted by Gasteiger charge is 2.21. The van der Waals surface area contributed by atoms with Crippen LogP contribution in [0.1, 0.15) is 23.2 Å². The molecule has 1 aliphatic heterocycles. The van der Waals surface area contributed by atoms with Crippen LogP contribution in [0.15, 0.2) is 27.6 Å². The Morgan fingerprint density at radius 2 is 2.14 bits per heavy atom. The third-order valence-electron chi connectivity index (χ3n) is 2.23. The lowest BCUT2D eigenvalue weighted by Gasteiger charge is -2.05. The maximum atomic E-state index is 11.8. The third-order valence-corrected chi connectivity index (χ3v) is 4.71. The second-order valence-electron chi connectivity index (χ2n) is 3.19. The summed E-state index contributed by atoms with van der Waals surface area (Å²) in [5.74, 6) is 0.689. The summed E-state index contributed by atoms with van der Waals surface area (Å²) >= 11 is 3.34. The number of rotatable bonds is 0. The number of hydrogen-bond donors (Lipinski definition) is 0. The maximum absolute atomic E-state index is 11.8. The van der Waals surface area contributed by atoms with Gasteiger partial charge in [-0.25, -0.2) is 0 Å². The van der Waals surface area contributed by atoms with Crippen LogP contribution in [0.3, 0.4) is 0 Å². The molecule has 14 heavy (non-hydrogen) atoms. The van der Waals surface area contributed by atoms with Gasteiger partial charge in [-0.1, -0.05) is 12.1 Å². The lowest BCUT2D eigenvalue weighted by atomic mass is 10.1. The zero-order valence-corrected chi connectivity index (χ0v) is 9.86. The SMILES string of the molecule is O=C1CCCS(=O)c2c(Br)cccc21. The summed E-state index contributed by atoms with van der Waals surface area (Å²) in [6.07, 6.45) is 1.22. The third kappa shape index (κ3) is 1.68. The summed E-state index contributed by atoms with van der Waals surface area (Å²) in [7, 11) is -1.03. The number of benzene rings is 1. The average Bonchev–Trinajstić information content (AvgIpc) is 2.29. The van der Waals surface area contributed by atoms with Crippen LogP contribution in [0.2, 0.25) is 0 Å². The lowest BCUT2D eigenvalue weighted by molar-refractivity contribution is 0.0980. The first-order valence-electron chi connectivity index (χ1n) is 4.40. The van der Waals surface area contributed by atoms with Crippen LogP contribution in [-0.4, -0.2) is 15.7 Å². The van der Waals surface area contributed by atoms with E-state index in [1.54, 1.807) is 6.07 Å². The molecule has 1 heterocycles. The lowest BCUT2D eigenvalue weighted by Crippen LogP contribution is -2.01. The van der Waals surface area contributed by atoms with E-state index in [0.717, 1.165) is 4.47 Å². The van der Waals surface area contributed by atoms with Crippen LogP contribution in [0, 0.1) is 0 Å². The van der Waals surface area contributed by atoms with Gasteiger partial charge in [0.2, 0.25) is 0 Å². The van der Waals surface area contributed by atoms with Gasteiger partial charge in [-0.3, -0.25) is 9.00 Å². The van der Waals surface area contributed by atoms with Crippen LogP contribution in [0.4, 0.5) is 0 Å². The number of Topliss-reactive ketones (excluding diaryl/α,β-unsaturated/α-hetero) is 1. The Hall–Kier alpha value is -0.480. The molecule has 0 saturated heterocycles. The van der Waals surface area contributed by atoms with Crippen molar-refractivity contribution in [2.24, 2.45) is 0 Å². The van der Waals surface area contributed by atoms with Gasteiger partial charge in [0.25, 0.3) is 0 Å². The molecule has 2 rings (SSSR count). The molecule has 1 aromatic rings. The molecule has 1 aromatic carbocycles. The van der Waals surface area contributed by atoms with Gasteiger partial charge < -0.3 is 0 Å². The Morgan fingerprint density at radius 1 is 1.36 bits per heavy atom.